The monoisotopic (exact) mass is 381 g/mol. The highest BCUT2D eigenvalue weighted by atomic mass is 35.5. The second-order valence-electron chi connectivity index (χ2n) is 6.25. The maximum atomic E-state index is 11.2. The minimum atomic E-state index is -3.19. The van der Waals surface area contributed by atoms with Crippen LogP contribution in [0.5, 0.6) is 0 Å². The lowest BCUT2D eigenvalue weighted by Gasteiger charge is -2.55. The average Bonchev–Trinajstić information content (AvgIpc) is 2.59. The molecule has 2 aromatic rings. The van der Waals surface area contributed by atoms with Crippen LogP contribution in [0.4, 0.5) is 11.4 Å². The smallest absolute Gasteiger partial charge is 0.0687 e. The van der Waals surface area contributed by atoms with Crippen LogP contribution >= 0.6 is 22.6 Å². The summed E-state index contributed by atoms with van der Waals surface area (Å²) in [5.41, 5.74) is 8.11. The van der Waals surface area contributed by atoms with E-state index in [2.05, 4.69) is 0 Å². The summed E-state index contributed by atoms with van der Waals surface area (Å²) in [6.07, 6.45) is 1.63. The third kappa shape index (κ3) is 3.65. The molecule has 1 aliphatic heterocycles. The molecule has 0 saturated carbocycles. The number of nitrogens with two attached hydrogens (primary N) is 1. The fraction of sp³-hybridized carbons (Fsp3) is 0.333. The van der Waals surface area contributed by atoms with Crippen molar-refractivity contribution in [2.45, 2.75) is 32.4 Å². The molecule has 0 aromatic heterocycles. The second kappa shape index (κ2) is 7.53. The lowest BCUT2D eigenvalue weighted by Crippen LogP contribution is -2.45. The summed E-state index contributed by atoms with van der Waals surface area (Å²) in [6, 6.07) is 14.9. The molecule has 136 valence electrons. The first kappa shape index (κ1) is 18.5. The Morgan fingerprint density at radius 2 is 1.92 bits per heavy atom. The van der Waals surface area contributed by atoms with Gasteiger partial charge in [-0.15, -0.1) is 0 Å². The summed E-state index contributed by atoms with van der Waals surface area (Å²) >= 11 is 6.18. The molecule has 1 unspecified atom stereocenters. The van der Waals surface area contributed by atoms with Gasteiger partial charge in [0.2, 0.25) is 0 Å². The molecular formula is C18H24ClN3O2S. The molecule has 4 N–H and O–H groups in total. The van der Waals surface area contributed by atoms with Gasteiger partial charge in [0.15, 0.2) is 0 Å². The summed E-state index contributed by atoms with van der Waals surface area (Å²) in [6.45, 7) is 3.03. The predicted molar refractivity (Wildman–Crippen MR) is 106 cm³/mol. The number of nitrogens with zero attached hydrogens (tertiary/aromatic N) is 2. The molecule has 0 spiro atoms. The summed E-state index contributed by atoms with van der Waals surface area (Å²) in [4.78, 5) is 0. The summed E-state index contributed by atoms with van der Waals surface area (Å²) in [5, 5.41) is 0.639. The molecule has 0 radical (unpaired) electrons. The lowest BCUT2D eigenvalue weighted by molar-refractivity contribution is 0.270. The largest absolute Gasteiger partial charge is 0.330 e. The van der Waals surface area contributed by atoms with Crippen LogP contribution in [-0.4, -0.2) is 26.0 Å². The van der Waals surface area contributed by atoms with Gasteiger partial charge in [0.25, 0.3) is 0 Å². The lowest BCUT2D eigenvalue weighted by atomic mass is 10.1. The molecular weight excluding hydrogens is 358 g/mol. The van der Waals surface area contributed by atoms with Gasteiger partial charge >= 0.3 is 0 Å². The topological polar surface area (TPSA) is 73.0 Å². The van der Waals surface area contributed by atoms with Crippen LogP contribution in [0.1, 0.15) is 25.3 Å². The third-order valence-corrected chi connectivity index (χ3v) is 6.71. The zero-order chi connectivity index (χ0) is 18.0. The van der Waals surface area contributed by atoms with Gasteiger partial charge in [0.1, 0.15) is 0 Å². The van der Waals surface area contributed by atoms with E-state index in [0.717, 1.165) is 29.8 Å². The fourth-order valence-corrected chi connectivity index (χ4v) is 5.32. The third-order valence-electron chi connectivity index (χ3n) is 4.45. The molecule has 2 aromatic carbocycles. The number of anilines is 2. The van der Waals surface area contributed by atoms with Crippen LogP contribution in [0, 0.1) is 0 Å². The van der Waals surface area contributed by atoms with Gasteiger partial charge in [0, 0.05) is 17.6 Å². The van der Waals surface area contributed by atoms with Gasteiger partial charge in [-0.25, -0.2) is 4.31 Å². The summed E-state index contributed by atoms with van der Waals surface area (Å²) in [7, 11) is -3.19. The maximum Gasteiger partial charge on any atom is 0.0687 e. The molecule has 0 saturated heterocycles. The minimum Gasteiger partial charge on any atom is -0.330 e. The maximum absolute atomic E-state index is 11.2. The van der Waals surface area contributed by atoms with Crippen LogP contribution in [0.25, 0.3) is 0 Å². The van der Waals surface area contributed by atoms with E-state index >= 15 is 0 Å². The van der Waals surface area contributed by atoms with Crippen molar-refractivity contribution in [2.75, 3.05) is 10.8 Å². The van der Waals surface area contributed by atoms with Gasteiger partial charge in [0.05, 0.1) is 11.4 Å². The highest BCUT2D eigenvalue weighted by molar-refractivity contribution is 8.23. The molecule has 1 atom stereocenters. The summed E-state index contributed by atoms with van der Waals surface area (Å²) in [5.74, 6) is 0. The molecule has 0 aliphatic carbocycles. The van der Waals surface area contributed by atoms with Gasteiger partial charge < -0.3 is 5.73 Å². The molecule has 3 rings (SSSR count). The number of benzene rings is 2. The van der Waals surface area contributed by atoms with Crippen molar-refractivity contribution in [1.29, 1.82) is 0 Å². The zero-order valence-electron chi connectivity index (χ0n) is 14.2. The molecule has 0 fully saturated rings. The number of para-hydroxylation sites is 1. The van der Waals surface area contributed by atoms with Crippen LogP contribution < -0.4 is 10.0 Å². The standard InChI is InChI=1S/C18H24ClN3O2S/c1-14(6-5-11-20)21-13-15-12-16(19)9-10-18(15)22(25(21,23)24)17-7-3-2-4-8-17/h2-4,7-10,12,14,23-24H,5-6,11,13,20H2,1H3. The molecule has 7 heteroatoms. The van der Waals surface area contributed by atoms with E-state index in [1.165, 1.54) is 0 Å². The van der Waals surface area contributed by atoms with Crippen LogP contribution in [0.15, 0.2) is 48.5 Å². The number of halogens is 1. The molecule has 0 amide bonds. The second-order valence-corrected chi connectivity index (χ2v) is 8.50. The van der Waals surface area contributed by atoms with Crippen molar-refractivity contribution in [2.24, 2.45) is 5.73 Å². The van der Waals surface area contributed by atoms with E-state index in [1.54, 1.807) is 14.7 Å². The normalized spacial score (nSPS) is 19.3. The number of hydrogen-bond donors (Lipinski definition) is 3. The van der Waals surface area contributed by atoms with E-state index in [0.29, 0.717) is 18.1 Å². The Kier molecular flexibility index (Phi) is 5.58. The number of hydrogen-bond acceptors (Lipinski definition) is 5. The Bertz CT molecular complexity index is 730. The van der Waals surface area contributed by atoms with E-state index in [-0.39, 0.29) is 6.04 Å². The first-order chi connectivity index (χ1) is 11.9. The van der Waals surface area contributed by atoms with Crippen molar-refractivity contribution in [3.8, 4) is 0 Å². The highest BCUT2D eigenvalue weighted by Gasteiger charge is 2.40. The van der Waals surface area contributed by atoms with E-state index < -0.39 is 11.0 Å². The molecule has 25 heavy (non-hydrogen) atoms. The first-order valence-electron chi connectivity index (χ1n) is 8.34. The van der Waals surface area contributed by atoms with E-state index in [9.17, 15) is 9.11 Å². The van der Waals surface area contributed by atoms with Crippen molar-refractivity contribution in [3.63, 3.8) is 0 Å². The highest BCUT2D eigenvalue weighted by Crippen LogP contribution is 2.59. The Balaban J connectivity index is 2.08. The molecule has 1 aliphatic rings. The van der Waals surface area contributed by atoms with Gasteiger partial charge in [-0.2, -0.15) is 4.31 Å². The van der Waals surface area contributed by atoms with Gasteiger partial charge in [-0.1, -0.05) is 29.8 Å². The minimum absolute atomic E-state index is 0.0214. The van der Waals surface area contributed by atoms with Crippen molar-refractivity contribution in [3.05, 3.63) is 59.1 Å². The zero-order valence-corrected chi connectivity index (χ0v) is 15.7. The average molecular weight is 382 g/mol. The fourth-order valence-electron chi connectivity index (χ4n) is 3.17. The Labute approximate surface area is 155 Å². The SMILES string of the molecule is CC(CCCN)N1Cc2cc(Cl)ccc2N(c2ccccc2)S1(O)O. The van der Waals surface area contributed by atoms with Crippen molar-refractivity contribution >= 4 is 33.9 Å². The predicted octanol–water partition coefficient (Wildman–Crippen LogP) is 5.00. The van der Waals surface area contributed by atoms with Crippen LogP contribution in [-0.2, 0) is 6.54 Å². The molecule has 0 bridgehead atoms. The molecule has 5 nitrogen and oxygen atoms in total. The van der Waals surface area contributed by atoms with Crippen molar-refractivity contribution in [1.82, 2.24) is 4.31 Å². The Morgan fingerprint density at radius 1 is 1.20 bits per heavy atom. The number of fused-ring (bicyclic) bond motifs is 1. The Hall–Kier alpha value is -1.28. The first-order valence-corrected chi connectivity index (χ1v) is 10.2. The van der Waals surface area contributed by atoms with Crippen LogP contribution in [0.3, 0.4) is 0 Å². The van der Waals surface area contributed by atoms with Crippen molar-refractivity contribution < 1.29 is 9.11 Å². The Morgan fingerprint density at radius 3 is 2.60 bits per heavy atom. The quantitative estimate of drug-likeness (QED) is 0.679. The van der Waals surface area contributed by atoms with E-state index in [1.807, 2.05) is 49.4 Å². The van der Waals surface area contributed by atoms with E-state index in [4.69, 9.17) is 17.3 Å². The van der Waals surface area contributed by atoms with Gasteiger partial charge in [-0.3, -0.25) is 9.11 Å². The number of rotatable bonds is 5. The molecule has 1 heterocycles. The summed E-state index contributed by atoms with van der Waals surface area (Å²) < 4.78 is 25.7. The van der Waals surface area contributed by atoms with Crippen LogP contribution in [0.2, 0.25) is 5.02 Å². The van der Waals surface area contributed by atoms with Gasteiger partial charge in [-0.05, 0) is 73.2 Å².